The average molecular weight is 633 g/mol. The van der Waals surface area contributed by atoms with Gasteiger partial charge in [-0.05, 0) is 53.3 Å². The SMILES string of the molecule is CCCCNC(=O)[C@H](Cc1ccccc1)N(Cc1ccc(Cl)c(Cl)c1)C(=O)CN(c1ccc(C(C)C)cc1)S(C)(=O)=O. The Morgan fingerprint density at radius 3 is 2.14 bits per heavy atom. The second kappa shape index (κ2) is 15.4. The van der Waals surface area contributed by atoms with Gasteiger partial charge < -0.3 is 10.2 Å². The van der Waals surface area contributed by atoms with Crippen molar-refractivity contribution in [1.82, 2.24) is 10.2 Å². The number of halogens is 2. The van der Waals surface area contributed by atoms with Crippen molar-refractivity contribution in [3.8, 4) is 0 Å². The fraction of sp³-hybridized carbons (Fsp3) is 0.375. The van der Waals surface area contributed by atoms with Crippen LogP contribution in [0.1, 0.15) is 56.2 Å². The fourth-order valence-electron chi connectivity index (χ4n) is 4.53. The normalized spacial score (nSPS) is 12.2. The van der Waals surface area contributed by atoms with E-state index >= 15 is 0 Å². The summed E-state index contributed by atoms with van der Waals surface area (Å²) < 4.78 is 27.0. The molecule has 1 N–H and O–H groups in total. The van der Waals surface area contributed by atoms with E-state index in [0.717, 1.165) is 34.5 Å². The van der Waals surface area contributed by atoms with Crippen LogP contribution in [0.25, 0.3) is 0 Å². The summed E-state index contributed by atoms with van der Waals surface area (Å²) in [5, 5.41) is 3.65. The Balaban J connectivity index is 2.04. The predicted octanol–water partition coefficient (Wildman–Crippen LogP) is 6.44. The van der Waals surface area contributed by atoms with Gasteiger partial charge >= 0.3 is 0 Å². The molecule has 3 aromatic carbocycles. The second-order valence-electron chi connectivity index (χ2n) is 10.6. The number of hydrogen-bond acceptors (Lipinski definition) is 4. The van der Waals surface area contributed by atoms with E-state index in [0.29, 0.717) is 27.8 Å². The number of benzene rings is 3. The van der Waals surface area contributed by atoms with Crippen molar-refractivity contribution in [2.24, 2.45) is 0 Å². The van der Waals surface area contributed by atoms with Gasteiger partial charge in [-0.15, -0.1) is 0 Å². The molecule has 0 aromatic heterocycles. The predicted molar refractivity (Wildman–Crippen MR) is 172 cm³/mol. The molecule has 3 aromatic rings. The molecule has 0 bridgehead atoms. The number of nitrogens with one attached hydrogen (secondary N) is 1. The molecule has 0 fully saturated rings. The molecule has 0 spiro atoms. The average Bonchev–Trinajstić information content (AvgIpc) is 2.95. The van der Waals surface area contributed by atoms with Gasteiger partial charge in [0.05, 0.1) is 22.0 Å². The van der Waals surface area contributed by atoms with Crippen LogP contribution in [0.5, 0.6) is 0 Å². The van der Waals surface area contributed by atoms with E-state index in [1.54, 1.807) is 30.3 Å². The zero-order valence-corrected chi connectivity index (χ0v) is 26.8. The minimum atomic E-state index is -3.84. The minimum absolute atomic E-state index is 0.0261. The molecule has 0 heterocycles. The van der Waals surface area contributed by atoms with Crippen LogP contribution >= 0.6 is 23.2 Å². The molecule has 0 saturated heterocycles. The Bertz CT molecular complexity index is 1450. The molecule has 0 saturated carbocycles. The molecule has 3 rings (SSSR count). The van der Waals surface area contributed by atoms with Gasteiger partial charge in [-0.3, -0.25) is 13.9 Å². The summed E-state index contributed by atoms with van der Waals surface area (Å²) in [6.07, 6.45) is 3.00. The lowest BCUT2D eigenvalue weighted by atomic mass is 10.0. The van der Waals surface area contributed by atoms with Crippen LogP contribution in [0.15, 0.2) is 72.8 Å². The number of nitrogens with zero attached hydrogens (tertiary/aromatic N) is 2. The molecule has 0 aliphatic rings. The highest BCUT2D eigenvalue weighted by Gasteiger charge is 2.33. The van der Waals surface area contributed by atoms with Crippen LogP contribution in [0.4, 0.5) is 5.69 Å². The zero-order chi connectivity index (χ0) is 30.9. The van der Waals surface area contributed by atoms with E-state index in [1.165, 1.54) is 4.90 Å². The smallest absolute Gasteiger partial charge is 0.244 e. The van der Waals surface area contributed by atoms with Crippen LogP contribution in [-0.4, -0.2) is 50.5 Å². The number of amides is 2. The largest absolute Gasteiger partial charge is 0.354 e. The fourth-order valence-corrected chi connectivity index (χ4v) is 5.70. The van der Waals surface area contributed by atoms with E-state index in [9.17, 15) is 18.0 Å². The lowest BCUT2D eigenvalue weighted by molar-refractivity contribution is -0.140. The molecule has 7 nitrogen and oxygen atoms in total. The quantitative estimate of drug-likeness (QED) is 0.207. The summed E-state index contributed by atoms with van der Waals surface area (Å²) in [5.74, 6) is -0.571. The van der Waals surface area contributed by atoms with Crippen molar-refractivity contribution in [3.05, 3.63) is 99.5 Å². The Morgan fingerprint density at radius 2 is 1.57 bits per heavy atom. The first-order chi connectivity index (χ1) is 19.9. The van der Waals surface area contributed by atoms with E-state index in [1.807, 2.05) is 63.2 Å². The van der Waals surface area contributed by atoms with E-state index < -0.39 is 28.5 Å². The zero-order valence-electron chi connectivity index (χ0n) is 24.5. The Morgan fingerprint density at radius 1 is 0.905 bits per heavy atom. The maximum absolute atomic E-state index is 14.2. The Kier molecular flexibility index (Phi) is 12.3. The lowest BCUT2D eigenvalue weighted by Gasteiger charge is -2.33. The molecule has 0 aliphatic carbocycles. The molecular weight excluding hydrogens is 593 g/mol. The standard InChI is InChI=1S/C32H39Cl2N3O4S/c1-5-6-18-35-32(39)30(20-24-10-8-7-9-11-24)36(21-25-12-17-28(33)29(34)19-25)31(38)22-37(42(4,40)41)27-15-13-26(14-16-27)23(2)3/h7-17,19,23,30H,5-6,18,20-22H2,1-4H3,(H,35,39)/t30-/m0/s1. The molecule has 1 atom stereocenters. The van der Waals surface area contributed by atoms with Crippen LogP contribution in [0.3, 0.4) is 0 Å². The van der Waals surface area contributed by atoms with Crippen molar-refractivity contribution >= 4 is 50.7 Å². The molecular formula is C32H39Cl2N3O4S. The van der Waals surface area contributed by atoms with Gasteiger partial charge in [-0.2, -0.15) is 0 Å². The Hall–Kier alpha value is -3.07. The van der Waals surface area contributed by atoms with Crippen LogP contribution in [-0.2, 0) is 32.6 Å². The third-order valence-corrected chi connectivity index (χ3v) is 8.84. The lowest BCUT2D eigenvalue weighted by Crippen LogP contribution is -2.53. The summed E-state index contributed by atoms with van der Waals surface area (Å²) >= 11 is 12.4. The van der Waals surface area contributed by atoms with Crippen molar-refractivity contribution in [2.75, 3.05) is 23.7 Å². The molecule has 0 radical (unpaired) electrons. The van der Waals surface area contributed by atoms with Crippen LogP contribution in [0, 0.1) is 0 Å². The van der Waals surface area contributed by atoms with E-state index in [2.05, 4.69) is 5.32 Å². The van der Waals surface area contributed by atoms with Gasteiger partial charge in [-0.1, -0.05) is 98.9 Å². The van der Waals surface area contributed by atoms with Gasteiger partial charge in [0.1, 0.15) is 12.6 Å². The number of carbonyl (C=O) groups excluding carboxylic acids is 2. The van der Waals surface area contributed by atoms with E-state index in [-0.39, 0.29) is 24.8 Å². The highest BCUT2D eigenvalue weighted by molar-refractivity contribution is 7.92. The number of unbranched alkanes of at least 4 members (excludes halogenated alkanes) is 1. The van der Waals surface area contributed by atoms with Gasteiger partial charge in [0, 0.05) is 19.5 Å². The topological polar surface area (TPSA) is 86.8 Å². The van der Waals surface area contributed by atoms with Crippen LogP contribution in [0.2, 0.25) is 10.0 Å². The van der Waals surface area contributed by atoms with Gasteiger partial charge in [0.15, 0.2) is 0 Å². The first-order valence-electron chi connectivity index (χ1n) is 14.0. The summed E-state index contributed by atoms with van der Waals surface area (Å²) in [5.41, 5.74) is 2.94. The number of carbonyl (C=O) groups is 2. The molecule has 226 valence electrons. The third-order valence-electron chi connectivity index (χ3n) is 6.96. The van der Waals surface area contributed by atoms with Crippen LogP contribution < -0.4 is 9.62 Å². The van der Waals surface area contributed by atoms with E-state index in [4.69, 9.17) is 23.2 Å². The Labute approximate surface area is 259 Å². The summed E-state index contributed by atoms with van der Waals surface area (Å²) in [6, 6.07) is 20.7. The molecule has 10 heteroatoms. The van der Waals surface area contributed by atoms with Crippen molar-refractivity contribution in [2.45, 2.75) is 58.5 Å². The first kappa shape index (κ1) is 33.4. The van der Waals surface area contributed by atoms with Crippen molar-refractivity contribution in [3.63, 3.8) is 0 Å². The highest BCUT2D eigenvalue weighted by Crippen LogP contribution is 2.26. The number of anilines is 1. The van der Waals surface area contributed by atoms with Gasteiger partial charge in [0.25, 0.3) is 0 Å². The number of sulfonamides is 1. The third kappa shape index (κ3) is 9.48. The molecule has 0 unspecified atom stereocenters. The molecule has 0 aliphatic heterocycles. The van der Waals surface area contributed by atoms with Crippen molar-refractivity contribution < 1.29 is 18.0 Å². The second-order valence-corrected chi connectivity index (χ2v) is 13.4. The summed E-state index contributed by atoms with van der Waals surface area (Å²) in [6.45, 7) is 6.14. The maximum Gasteiger partial charge on any atom is 0.244 e. The minimum Gasteiger partial charge on any atom is -0.354 e. The first-order valence-corrected chi connectivity index (χ1v) is 16.6. The number of hydrogen-bond donors (Lipinski definition) is 1. The summed E-state index contributed by atoms with van der Waals surface area (Å²) in [4.78, 5) is 29.2. The highest BCUT2D eigenvalue weighted by atomic mass is 35.5. The number of rotatable bonds is 14. The maximum atomic E-state index is 14.2. The van der Waals surface area contributed by atoms with Crippen molar-refractivity contribution in [1.29, 1.82) is 0 Å². The molecule has 2 amide bonds. The summed E-state index contributed by atoms with van der Waals surface area (Å²) in [7, 11) is -3.84. The van der Waals surface area contributed by atoms with Gasteiger partial charge in [-0.25, -0.2) is 8.42 Å². The van der Waals surface area contributed by atoms with Gasteiger partial charge in [0.2, 0.25) is 21.8 Å². The monoisotopic (exact) mass is 631 g/mol. The molecule has 42 heavy (non-hydrogen) atoms.